The molecule has 0 aliphatic heterocycles. The van der Waals surface area contributed by atoms with Gasteiger partial charge in [-0.2, -0.15) is 0 Å². The third kappa shape index (κ3) is 2.96. The monoisotopic (exact) mass is 341 g/mol. The fraction of sp³-hybridized carbons (Fsp3) is 0.412. The average molecular weight is 341 g/mol. The van der Waals surface area contributed by atoms with Gasteiger partial charge in [-0.25, -0.2) is 4.98 Å². The fourth-order valence-corrected chi connectivity index (χ4v) is 3.42. The minimum Gasteiger partial charge on any atom is -0.353 e. The van der Waals surface area contributed by atoms with Crippen molar-refractivity contribution in [1.29, 1.82) is 0 Å². The summed E-state index contributed by atoms with van der Waals surface area (Å²) in [4.78, 5) is 16.5. The van der Waals surface area contributed by atoms with Crippen LogP contribution in [-0.4, -0.2) is 37.5 Å². The van der Waals surface area contributed by atoms with E-state index in [0.29, 0.717) is 17.0 Å². The van der Waals surface area contributed by atoms with E-state index in [0.717, 1.165) is 47.9 Å². The molecule has 1 fully saturated rings. The molecule has 1 amide bonds. The molecular formula is C17H19N5OS. The number of nitrogens with one attached hydrogen (secondary N) is 1. The average Bonchev–Trinajstić information content (AvgIpc) is 3.36. The number of aromatic nitrogens is 4. The van der Waals surface area contributed by atoms with Gasteiger partial charge in [0.05, 0.1) is 11.3 Å². The van der Waals surface area contributed by atoms with E-state index in [1.54, 1.807) is 0 Å². The first-order valence-electron chi connectivity index (χ1n) is 8.30. The van der Waals surface area contributed by atoms with Crippen LogP contribution in [0.3, 0.4) is 0 Å². The number of carbonyl (C=O) groups is 1. The highest BCUT2D eigenvalue weighted by Gasteiger charge is 2.23. The summed E-state index contributed by atoms with van der Waals surface area (Å²) in [6, 6.07) is 8.55. The van der Waals surface area contributed by atoms with Crippen molar-refractivity contribution in [3.63, 3.8) is 0 Å². The molecule has 1 aliphatic carbocycles. The van der Waals surface area contributed by atoms with E-state index >= 15 is 0 Å². The zero-order valence-corrected chi connectivity index (χ0v) is 14.3. The van der Waals surface area contributed by atoms with Gasteiger partial charge in [-0.3, -0.25) is 4.79 Å². The van der Waals surface area contributed by atoms with Crippen molar-refractivity contribution in [2.75, 3.05) is 5.75 Å². The maximum absolute atomic E-state index is 11.8. The summed E-state index contributed by atoms with van der Waals surface area (Å²) >= 11 is 1.34. The molecule has 0 unspecified atom stereocenters. The molecule has 2 aromatic heterocycles. The van der Waals surface area contributed by atoms with Crippen LogP contribution in [0.4, 0.5) is 0 Å². The van der Waals surface area contributed by atoms with E-state index in [9.17, 15) is 4.79 Å². The Morgan fingerprint density at radius 1 is 1.33 bits per heavy atom. The molecule has 4 rings (SSSR count). The molecule has 0 spiro atoms. The van der Waals surface area contributed by atoms with Gasteiger partial charge in [-0.15, -0.1) is 10.2 Å². The van der Waals surface area contributed by atoms with Crippen molar-refractivity contribution in [3.8, 4) is 0 Å². The van der Waals surface area contributed by atoms with Gasteiger partial charge in [0.2, 0.25) is 11.1 Å². The van der Waals surface area contributed by atoms with Gasteiger partial charge in [0, 0.05) is 18.0 Å². The first-order valence-corrected chi connectivity index (χ1v) is 9.28. The zero-order valence-electron chi connectivity index (χ0n) is 13.5. The lowest BCUT2D eigenvalue weighted by atomic mass is 10.2. The summed E-state index contributed by atoms with van der Waals surface area (Å²) in [5.74, 6) is 0.373. The van der Waals surface area contributed by atoms with Crippen molar-refractivity contribution >= 4 is 39.7 Å². The molecule has 2 heterocycles. The van der Waals surface area contributed by atoms with Crippen LogP contribution in [0.5, 0.6) is 0 Å². The standard InChI is InChI=1S/C17H19N5OS/c1-2-9-22-13-6-4-3-5-12(13)15-16(22)19-17(21-20-15)24-10-14(23)18-11-7-8-11/h3-6,11H,2,7-10H2,1H3,(H,18,23). The third-order valence-corrected chi connectivity index (χ3v) is 4.91. The Labute approximate surface area is 144 Å². The van der Waals surface area contributed by atoms with Crippen LogP contribution in [0.1, 0.15) is 26.2 Å². The molecule has 0 radical (unpaired) electrons. The van der Waals surface area contributed by atoms with Gasteiger partial charge in [0.15, 0.2) is 5.65 Å². The predicted octanol–water partition coefficient (Wildman–Crippen LogP) is 2.76. The van der Waals surface area contributed by atoms with E-state index in [2.05, 4.69) is 44.1 Å². The number of hydrogen-bond donors (Lipinski definition) is 1. The Morgan fingerprint density at radius 3 is 2.96 bits per heavy atom. The topological polar surface area (TPSA) is 72.7 Å². The number of benzene rings is 1. The van der Waals surface area contributed by atoms with Crippen LogP contribution in [0.15, 0.2) is 29.4 Å². The lowest BCUT2D eigenvalue weighted by Gasteiger charge is -2.05. The summed E-state index contributed by atoms with van der Waals surface area (Å²) in [5.41, 5.74) is 2.80. The summed E-state index contributed by atoms with van der Waals surface area (Å²) in [6.07, 6.45) is 3.21. The third-order valence-electron chi connectivity index (χ3n) is 4.08. The van der Waals surface area contributed by atoms with Crippen LogP contribution in [0.25, 0.3) is 22.1 Å². The lowest BCUT2D eigenvalue weighted by molar-refractivity contribution is -0.118. The van der Waals surface area contributed by atoms with Crippen molar-refractivity contribution < 1.29 is 4.79 Å². The first kappa shape index (κ1) is 15.4. The molecule has 124 valence electrons. The van der Waals surface area contributed by atoms with Gasteiger partial charge < -0.3 is 9.88 Å². The molecule has 0 saturated heterocycles. The summed E-state index contributed by atoms with van der Waals surface area (Å²) in [5, 5.41) is 13.2. The van der Waals surface area contributed by atoms with E-state index in [-0.39, 0.29) is 5.91 Å². The summed E-state index contributed by atoms with van der Waals surface area (Å²) in [6.45, 7) is 3.03. The number of amides is 1. The van der Waals surface area contributed by atoms with Crippen LogP contribution >= 0.6 is 11.8 Å². The zero-order chi connectivity index (χ0) is 16.5. The fourth-order valence-electron chi connectivity index (χ4n) is 2.83. The molecule has 1 saturated carbocycles. The van der Waals surface area contributed by atoms with Gasteiger partial charge in [0.25, 0.3) is 0 Å². The number of para-hydroxylation sites is 1. The second kappa shape index (κ2) is 6.39. The van der Waals surface area contributed by atoms with E-state index < -0.39 is 0 Å². The largest absolute Gasteiger partial charge is 0.353 e. The second-order valence-electron chi connectivity index (χ2n) is 6.07. The number of rotatable bonds is 6. The van der Waals surface area contributed by atoms with Crippen molar-refractivity contribution in [2.24, 2.45) is 0 Å². The Bertz CT molecular complexity index is 903. The van der Waals surface area contributed by atoms with Crippen LogP contribution in [-0.2, 0) is 11.3 Å². The number of carbonyl (C=O) groups excluding carboxylic acids is 1. The predicted molar refractivity (Wildman–Crippen MR) is 95.0 cm³/mol. The SMILES string of the molecule is CCCn1c2ccccc2c2nnc(SCC(=O)NC3CC3)nc21. The van der Waals surface area contributed by atoms with Crippen molar-refractivity contribution in [2.45, 2.75) is 43.9 Å². The summed E-state index contributed by atoms with van der Waals surface area (Å²) < 4.78 is 2.19. The normalized spacial score (nSPS) is 14.4. The van der Waals surface area contributed by atoms with E-state index in [1.165, 1.54) is 11.8 Å². The molecule has 6 nitrogen and oxygen atoms in total. The van der Waals surface area contributed by atoms with E-state index in [4.69, 9.17) is 0 Å². The second-order valence-corrected chi connectivity index (χ2v) is 7.01. The van der Waals surface area contributed by atoms with Crippen molar-refractivity contribution in [3.05, 3.63) is 24.3 Å². The Balaban J connectivity index is 1.64. The Morgan fingerprint density at radius 2 is 2.17 bits per heavy atom. The smallest absolute Gasteiger partial charge is 0.230 e. The minimum atomic E-state index is 0.0419. The molecule has 0 atom stereocenters. The minimum absolute atomic E-state index is 0.0419. The van der Waals surface area contributed by atoms with Gasteiger partial charge >= 0.3 is 0 Å². The highest BCUT2D eigenvalue weighted by molar-refractivity contribution is 7.99. The molecule has 1 N–H and O–H groups in total. The first-order chi connectivity index (χ1) is 11.8. The summed E-state index contributed by atoms with van der Waals surface area (Å²) in [7, 11) is 0. The molecule has 0 bridgehead atoms. The van der Waals surface area contributed by atoms with Gasteiger partial charge in [0.1, 0.15) is 5.52 Å². The van der Waals surface area contributed by atoms with Crippen LogP contribution in [0.2, 0.25) is 0 Å². The van der Waals surface area contributed by atoms with Crippen LogP contribution < -0.4 is 5.32 Å². The highest BCUT2D eigenvalue weighted by Crippen LogP contribution is 2.27. The van der Waals surface area contributed by atoms with Crippen LogP contribution in [0, 0.1) is 0 Å². The molecule has 3 aromatic rings. The van der Waals surface area contributed by atoms with Gasteiger partial charge in [-0.05, 0) is 25.3 Å². The van der Waals surface area contributed by atoms with E-state index in [1.807, 2.05) is 12.1 Å². The molecular weight excluding hydrogens is 322 g/mol. The molecule has 24 heavy (non-hydrogen) atoms. The number of thioether (sulfide) groups is 1. The molecule has 1 aromatic carbocycles. The number of hydrogen-bond acceptors (Lipinski definition) is 5. The Kier molecular flexibility index (Phi) is 4.10. The van der Waals surface area contributed by atoms with Gasteiger partial charge in [-0.1, -0.05) is 36.9 Å². The maximum Gasteiger partial charge on any atom is 0.230 e. The number of aryl methyl sites for hydroxylation is 1. The highest BCUT2D eigenvalue weighted by atomic mass is 32.2. The number of fused-ring (bicyclic) bond motifs is 3. The maximum atomic E-state index is 11.8. The quantitative estimate of drug-likeness (QED) is 0.698. The lowest BCUT2D eigenvalue weighted by Crippen LogP contribution is -2.27. The Hall–Kier alpha value is -2.15. The molecule has 7 heteroatoms. The van der Waals surface area contributed by atoms with Crippen molar-refractivity contribution in [1.82, 2.24) is 25.1 Å². The number of nitrogens with zero attached hydrogens (tertiary/aromatic N) is 4. The molecule has 1 aliphatic rings.